The van der Waals surface area contributed by atoms with Crippen LogP contribution < -0.4 is 10.5 Å². The van der Waals surface area contributed by atoms with Crippen LogP contribution in [-0.2, 0) is 0 Å². The van der Waals surface area contributed by atoms with Gasteiger partial charge in [-0.3, -0.25) is 0 Å². The van der Waals surface area contributed by atoms with E-state index >= 15 is 0 Å². The highest BCUT2D eigenvalue weighted by molar-refractivity contribution is 5.69. The van der Waals surface area contributed by atoms with Crippen molar-refractivity contribution in [3.05, 3.63) is 101 Å². The lowest BCUT2D eigenvalue weighted by Gasteiger charge is -2.25. The maximum absolute atomic E-state index is 14.8. The fourth-order valence-corrected chi connectivity index (χ4v) is 3.70. The van der Waals surface area contributed by atoms with Crippen LogP contribution in [0.15, 0.2) is 88.9 Å². The zero-order chi connectivity index (χ0) is 20.7. The summed E-state index contributed by atoms with van der Waals surface area (Å²) in [7, 11) is 0. The highest BCUT2D eigenvalue weighted by Gasteiger charge is 2.39. The first-order chi connectivity index (χ1) is 14.7. The van der Waals surface area contributed by atoms with Crippen molar-refractivity contribution < 1.29 is 13.5 Å². The molecule has 0 saturated heterocycles. The average molecular weight is 398 g/mol. The van der Waals surface area contributed by atoms with Gasteiger partial charge in [0, 0.05) is 5.56 Å². The molecule has 1 atom stereocenters. The molecule has 0 fully saturated rings. The molecule has 0 aliphatic carbocycles. The second-order valence-corrected chi connectivity index (χ2v) is 6.74. The van der Waals surface area contributed by atoms with Crippen LogP contribution in [0.4, 0.5) is 4.39 Å². The molecule has 6 nitrogen and oxygen atoms in total. The van der Waals surface area contributed by atoms with Gasteiger partial charge in [-0.15, -0.1) is 0 Å². The van der Waals surface area contributed by atoms with Crippen molar-refractivity contribution in [2.75, 3.05) is 0 Å². The maximum Gasteiger partial charge on any atom is 0.229 e. The Morgan fingerprint density at radius 2 is 1.80 bits per heavy atom. The molecule has 2 N–H and O–H groups in total. The van der Waals surface area contributed by atoms with Crippen LogP contribution >= 0.6 is 0 Å². The predicted octanol–water partition coefficient (Wildman–Crippen LogP) is 4.49. The van der Waals surface area contributed by atoms with Gasteiger partial charge in [-0.25, -0.2) is 4.39 Å². The van der Waals surface area contributed by atoms with Crippen LogP contribution in [0.5, 0.6) is 5.88 Å². The SMILES string of the molecule is N#CC1=C(N)Oc2c(c(-c3ccco3)nn2-c2ccccc2)C1c1ccccc1F. The molecular formula is C23H15FN4O2. The second-order valence-electron chi connectivity index (χ2n) is 6.74. The van der Waals surface area contributed by atoms with E-state index in [1.165, 1.54) is 12.3 Å². The first kappa shape index (κ1) is 17.8. The van der Waals surface area contributed by atoms with Crippen LogP contribution in [0.25, 0.3) is 17.1 Å². The molecule has 0 bridgehead atoms. The lowest BCUT2D eigenvalue weighted by atomic mass is 9.83. The van der Waals surface area contributed by atoms with E-state index in [0.717, 1.165) is 5.69 Å². The number of benzene rings is 2. The Bertz CT molecular complexity index is 1300. The second kappa shape index (κ2) is 6.94. The number of nitriles is 1. The van der Waals surface area contributed by atoms with Crippen molar-refractivity contribution in [1.29, 1.82) is 5.26 Å². The van der Waals surface area contributed by atoms with Gasteiger partial charge in [0.2, 0.25) is 11.8 Å². The van der Waals surface area contributed by atoms with Gasteiger partial charge in [0.05, 0.1) is 23.4 Å². The van der Waals surface area contributed by atoms with E-state index in [1.807, 2.05) is 30.3 Å². The van der Waals surface area contributed by atoms with Crippen LogP contribution in [0.3, 0.4) is 0 Å². The molecule has 4 aromatic rings. The fourth-order valence-electron chi connectivity index (χ4n) is 3.70. The van der Waals surface area contributed by atoms with E-state index in [4.69, 9.17) is 20.0 Å². The summed E-state index contributed by atoms with van der Waals surface area (Å²) < 4.78 is 27.9. The van der Waals surface area contributed by atoms with Crippen molar-refractivity contribution in [2.45, 2.75) is 5.92 Å². The molecule has 0 radical (unpaired) electrons. The van der Waals surface area contributed by atoms with Crippen molar-refractivity contribution in [2.24, 2.45) is 5.73 Å². The summed E-state index contributed by atoms with van der Waals surface area (Å²) in [6.07, 6.45) is 1.53. The lowest BCUT2D eigenvalue weighted by Crippen LogP contribution is -2.22. The summed E-state index contributed by atoms with van der Waals surface area (Å²) in [5.41, 5.74) is 8.23. The van der Waals surface area contributed by atoms with Crippen molar-refractivity contribution >= 4 is 0 Å². The average Bonchev–Trinajstić information content (AvgIpc) is 3.42. The van der Waals surface area contributed by atoms with Crippen LogP contribution in [0.2, 0.25) is 0 Å². The number of allylic oxidation sites excluding steroid dienone is 1. The summed E-state index contributed by atoms with van der Waals surface area (Å²) in [4.78, 5) is 0. The monoisotopic (exact) mass is 398 g/mol. The largest absolute Gasteiger partial charge is 0.463 e. The minimum atomic E-state index is -0.794. The zero-order valence-corrected chi connectivity index (χ0v) is 15.6. The number of para-hydroxylation sites is 1. The molecule has 2 aromatic heterocycles. The summed E-state index contributed by atoms with van der Waals surface area (Å²) in [6, 6.07) is 21.2. The Hall–Kier alpha value is -4.31. The topological polar surface area (TPSA) is 90.0 Å². The van der Waals surface area contributed by atoms with Gasteiger partial charge in [0.15, 0.2) is 5.76 Å². The van der Waals surface area contributed by atoms with Crippen molar-refractivity contribution in [1.82, 2.24) is 9.78 Å². The molecule has 1 aliphatic rings. The normalized spacial score (nSPS) is 15.4. The number of halogens is 1. The molecule has 0 saturated carbocycles. The molecule has 30 heavy (non-hydrogen) atoms. The first-order valence-corrected chi connectivity index (χ1v) is 9.23. The summed E-state index contributed by atoms with van der Waals surface area (Å²) in [5, 5.41) is 14.5. The molecular weight excluding hydrogens is 383 g/mol. The Labute approximate surface area is 171 Å². The first-order valence-electron chi connectivity index (χ1n) is 9.23. The highest BCUT2D eigenvalue weighted by Crippen LogP contribution is 2.48. The number of furan rings is 1. The number of hydrogen-bond acceptors (Lipinski definition) is 5. The quantitative estimate of drug-likeness (QED) is 0.549. The molecule has 5 rings (SSSR count). The molecule has 2 aromatic carbocycles. The molecule has 0 spiro atoms. The summed E-state index contributed by atoms with van der Waals surface area (Å²) >= 11 is 0. The predicted molar refractivity (Wildman–Crippen MR) is 107 cm³/mol. The van der Waals surface area contributed by atoms with Gasteiger partial charge in [0.1, 0.15) is 23.2 Å². The van der Waals surface area contributed by atoms with E-state index in [9.17, 15) is 9.65 Å². The molecule has 7 heteroatoms. The molecule has 1 aliphatic heterocycles. The Morgan fingerprint density at radius 1 is 1.03 bits per heavy atom. The lowest BCUT2D eigenvalue weighted by molar-refractivity contribution is 0.366. The van der Waals surface area contributed by atoms with Gasteiger partial charge >= 0.3 is 0 Å². The number of nitrogens with two attached hydrogens (primary N) is 1. The van der Waals surface area contributed by atoms with Crippen LogP contribution in [0.1, 0.15) is 17.0 Å². The maximum atomic E-state index is 14.8. The van der Waals surface area contributed by atoms with E-state index < -0.39 is 11.7 Å². The third kappa shape index (κ3) is 2.66. The minimum Gasteiger partial charge on any atom is -0.463 e. The summed E-state index contributed by atoms with van der Waals surface area (Å²) in [6.45, 7) is 0. The van der Waals surface area contributed by atoms with E-state index in [2.05, 4.69) is 6.07 Å². The number of rotatable bonds is 3. The fraction of sp³-hybridized carbons (Fsp3) is 0.0435. The van der Waals surface area contributed by atoms with E-state index in [0.29, 0.717) is 28.5 Å². The number of hydrogen-bond donors (Lipinski definition) is 1. The smallest absolute Gasteiger partial charge is 0.229 e. The van der Waals surface area contributed by atoms with Crippen LogP contribution in [-0.4, -0.2) is 9.78 Å². The Morgan fingerprint density at radius 3 is 2.50 bits per heavy atom. The van der Waals surface area contributed by atoms with Gasteiger partial charge in [-0.1, -0.05) is 36.4 Å². The molecule has 1 unspecified atom stereocenters. The van der Waals surface area contributed by atoms with Gasteiger partial charge in [-0.05, 0) is 30.3 Å². The van der Waals surface area contributed by atoms with E-state index in [1.54, 1.807) is 35.0 Å². The molecule has 3 heterocycles. The number of fused-ring (bicyclic) bond motifs is 1. The summed E-state index contributed by atoms with van der Waals surface area (Å²) in [5.74, 6) is -0.534. The number of aromatic nitrogens is 2. The molecule has 146 valence electrons. The van der Waals surface area contributed by atoms with Crippen LogP contribution in [0, 0.1) is 17.1 Å². The molecule has 0 amide bonds. The van der Waals surface area contributed by atoms with E-state index in [-0.39, 0.29) is 11.5 Å². The zero-order valence-electron chi connectivity index (χ0n) is 15.6. The Balaban J connectivity index is 1.85. The number of ether oxygens (including phenoxy) is 1. The van der Waals surface area contributed by atoms with Gasteiger partial charge < -0.3 is 14.9 Å². The Kier molecular flexibility index (Phi) is 4.11. The van der Waals surface area contributed by atoms with Gasteiger partial charge in [-0.2, -0.15) is 15.0 Å². The third-order valence-electron chi connectivity index (χ3n) is 5.02. The van der Waals surface area contributed by atoms with Crippen molar-refractivity contribution in [3.63, 3.8) is 0 Å². The third-order valence-corrected chi connectivity index (χ3v) is 5.02. The van der Waals surface area contributed by atoms with Crippen molar-refractivity contribution in [3.8, 4) is 29.1 Å². The highest BCUT2D eigenvalue weighted by atomic mass is 19.1. The standard InChI is InChI=1S/C23H15FN4O2/c24-17-10-5-4-9-15(17)19-16(13-25)22(26)30-23-20(19)21(18-11-6-12-29-18)27-28(23)14-7-2-1-3-8-14/h1-12,19H,26H2. The minimum absolute atomic E-state index is 0.0821. The van der Waals surface area contributed by atoms with Gasteiger partial charge in [0.25, 0.3) is 0 Å². The number of nitrogens with zero attached hydrogens (tertiary/aromatic N) is 3.